The van der Waals surface area contributed by atoms with Crippen LogP contribution in [0.2, 0.25) is 5.02 Å². The third-order valence-electron chi connectivity index (χ3n) is 2.62. The molecule has 1 unspecified atom stereocenters. The van der Waals surface area contributed by atoms with E-state index in [1.807, 2.05) is 19.9 Å². The number of fused-ring (bicyclic) bond motifs is 1. The van der Waals surface area contributed by atoms with Crippen LogP contribution in [0.15, 0.2) is 12.1 Å². The second kappa shape index (κ2) is 3.39. The summed E-state index contributed by atoms with van der Waals surface area (Å²) in [5.41, 5.74) is 1.74. The molecule has 0 saturated carbocycles. The van der Waals surface area contributed by atoms with Gasteiger partial charge in [-0.1, -0.05) is 11.6 Å². The summed E-state index contributed by atoms with van der Waals surface area (Å²) in [7, 11) is 0. The number of aliphatic hydroxyl groups is 1. The van der Waals surface area contributed by atoms with Gasteiger partial charge in [-0.3, -0.25) is 0 Å². The first-order chi connectivity index (χ1) is 6.89. The standard InChI is InChI=1S/C12H15ClO2/c1-7(14)8-4-9-6-12(2,3)15-11(9)10(13)5-8/h4-5,7,14H,6H2,1-3H3. The van der Waals surface area contributed by atoms with Crippen molar-refractivity contribution in [2.24, 2.45) is 0 Å². The molecule has 1 aliphatic heterocycles. The Labute approximate surface area is 94.8 Å². The first-order valence-corrected chi connectivity index (χ1v) is 5.46. The van der Waals surface area contributed by atoms with Crippen LogP contribution in [0.25, 0.3) is 0 Å². The lowest BCUT2D eigenvalue weighted by atomic mass is 9.99. The Morgan fingerprint density at radius 2 is 2.13 bits per heavy atom. The van der Waals surface area contributed by atoms with Crippen molar-refractivity contribution < 1.29 is 9.84 Å². The lowest BCUT2D eigenvalue weighted by molar-refractivity contribution is 0.138. The zero-order chi connectivity index (χ0) is 11.2. The second-order valence-electron chi connectivity index (χ2n) is 4.71. The van der Waals surface area contributed by atoms with Gasteiger partial charge in [-0.25, -0.2) is 0 Å². The van der Waals surface area contributed by atoms with Crippen LogP contribution in [-0.4, -0.2) is 10.7 Å². The van der Waals surface area contributed by atoms with E-state index in [-0.39, 0.29) is 5.60 Å². The fourth-order valence-corrected chi connectivity index (χ4v) is 2.22. The average molecular weight is 227 g/mol. The van der Waals surface area contributed by atoms with Gasteiger partial charge >= 0.3 is 0 Å². The predicted molar refractivity (Wildman–Crippen MR) is 60.5 cm³/mol. The normalized spacial score (nSPS) is 19.5. The summed E-state index contributed by atoms with van der Waals surface area (Å²) in [4.78, 5) is 0. The number of rotatable bonds is 1. The van der Waals surface area contributed by atoms with Gasteiger partial charge in [0.25, 0.3) is 0 Å². The Morgan fingerprint density at radius 1 is 1.47 bits per heavy atom. The van der Waals surface area contributed by atoms with E-state index < -0.39 is 6.10 Å². The van der Waals surface area contributed by atoms with Gasteiger partial charge in [0.1, 0.15) is 11.4 Å². The predicted octanol–water partition coefficient (Wildman–Crippen LogP) is 3.11. The minimum atomic E-state index is -0.489. The second-order valence-corrected chi connectivity index (χ2v) is 5.11. The summed E-state index contributed by atoms with van der Waals surface area (Å²) in [5.74, 6) is 0.770. The number of ether oxygens (including phenoxy) is 1. The fourth-order valence-electron chi connectivity index (χ4n) is 1.93. The van der Waals surface area contributed by atoms with Crippen molar-refractivity contribution in [1.82, 2.24) is 0 Å². The molecule has 0 aliphatic carbocycles. The van der Waals surface area contributed by atoms with Crippen molar-refractivity contribution in [3.8, 4) is 5.75 Å². The maximum Gasteiger partial charge on any atom is 0.142 e. The highest BCUT2D eigenvalue weighted by Gasteiger charge is 2.32. The molecule has 0 fully saturated rings. The van der Waals surface area contributed by atoms with E-state index in [9.17, 15) is 5.11 Å². The van der Waals surface area contributed by atoms with E-state index in [0.29, 0.717) is 5.02 Å². The monoisotopic (exact) mass is 226 g/mol. The summed E-state index contributed by atoms with van der Waals surface area (Å²) >= 11 is 6.11. The van der Waals surface area contributed by atoms with Gasteiger partial charge in [-0.05, 0) is 38.5 Å². The van der Waals surface area contributed by atoms with E-state index in [1.165, 1.54) is 0 Å². The zero-order valence-electron chi connectivity index (χ0n) is 9.17. The summed E-state index contributed by atoms with van der Waals surface area (Å²) in [6.07, 6.45) is 0.347. The number of halogens is 1. The molecule has 0 bridgehead atoms. The Kier molecular flexibility index (Phi) is 2.44. The molecule has 1 N–H and O–H groups in total. The molecule has 0 aromatic heterocycles. The van der Waals surface area contributed by atoms with Gasteiger partial charge < -0.3 is 9.84 Å². The maximum atomic E-state index is 9.51. The lowest BCUT2D eigenvalue weighted by Gasteiger charge is -2.17. The molecule has 15 heavy (non-hydrogen) atoms. The quantitative estimate of drug-likeness (QED) is 0.798. The van der Waals surface area contributed by atoms with Crippen LogP contribution in [0, 0.1) is 0 Å². The van der Waals surface area contributed by atoms with Crippen LogP contribution < -0.4 is 4.74 Å². The molecule has 0 amide bonds. The molecule has 0 saturated heterocycles. The molecule has 2 nitrogen and oxygen atoms in total. The summed E-state index contributed by atoms with van der Waals surface area (Å²) in [5, 5.41) is 10.1. The molecular formula is C12H15ClO2. The fraction of sp³-hybridized carbons (Fsp3) is 0.500. The molecule has 1 aromatic rings. The van der Waals surface area contributed by atoms with Crippen LogP contribution in [0.3, 0.4) is 0 Å². The van der Waals surface area contributed by atoms with E-state index in [1.54, 1.807) is 13.0 Å². The summed E-state index contributed by atoms with van der Waals surface area (Å²) < 4.78 is 5.75. The molecule has 1 aliphatic rings. The minimum absolute atomic E-state index is 0.191. The van der Waals surface area contributed by atoms with Crippen molar-refractivity contribution in [1.29, 1.82) is 0 Å². The van der Waals surface area contributed by atoms with Crippen LogP contribution in [-0.2, 0) is 6.42 Å². The van der Waals surface area contributed by atoms with Gasteiger partial charge in [0.2, 0.25) is 0 Å². The van der Waals surface area contributed by atoms with Crippen molar-refractivity contribution >= 4 is 11.6 Å². The van der Waals surface area contributed by atoms with Crippen LogP contribution in [0.4, 0.5) is 0 Å². The van der Waals surface area contributed by atoms with Gasteiger partial charge in [0, 0.05) is 12.0 Å². The number of aliphatic hydroxyl groups excluding tert-OH is 1. The van der Waals surface area contributed by atoms with Gasteiger partial charge in [0.05, 0.1) is 11.1 Å². The average Bonchev–Trinajstić information content (AvgIpc) is 2.39. The Hall–Kier alpha value is -0.730. The molecule has 1 heterocycles. The minimum Gasteiger partial charge on any atom is -0.486 e. The lowest BCUT2D eigenvalue weighted by Crippen LogP contribution is -2.24. The van der Waals surface area contributed by atoms with Crippen molar-refractivity contribution in [3.05, 3.63) is 28.3 Å². The molecular weight excluding hydrogens is 212 g/mol. The third kappa shape index (κ3) is 1.97. The number of hydrogen-bond donors (Lipinski definition) is 1. The van der Waals surface area contributed by atoms with E-state index in [0.717, 1.165) is 23.3 Å². The molecule has 0 spiro atoms. The molecule has 2 rings (SSSR count). The Balaban J connectivity index is 2.47. The SMILES string of the molecule is CC(O)c1cc(Cl)c2c(c1)CC(C)(C)O2. The largest absolute Gasteiger partial charge is 0.486 e. The first-order valence-electron chi connectivity index (χ1n) is 5.08. The van der Waals surface area contributed by atoms with E-state index in [2.05, 4.69) is 0 Å². The molecule has 0 radical (unpaired) electrons. The molecule has 1 aromatic carbocycles. The Morgan fingerprint density at radius 3 is 2.73 bits per heavy atom. The summed E-state index contributed by atoms with van der Waals surface area (Å²) in [6, 6.07) is 3.74. The van der Waals surface area contributed by atoms with E-state index >= 15 is 0 Å². The third-order valence-corrected chi connectivity index (χ3v) is 2.90. The highest BCUT2D eigenvalue weighted by Crippen LogP contribution is 2.41. The topological polar surface area (TPSA) is 29.5 Å². The Bertz CT molecular complexity index is 397. The van der Waals surface area contributed by atoms with Crippen LogP contribution in [0.5, 0.6) is 5.75 Å². The number of hydrogen-bond acceptors (Lipinski definition) is 2. The van der Waals surface area contributed by atoms with Crippen molar-refractivity contribution in [2.45, 2.75) is 38.9 Å². The van der Waals surface area contributed by atoms with Gasteiger partial charge in [-0.15, -0.1) is 0 Å². The van der Waals surface area contributed by atoms with Crippen LogP contribution >= 0.6 is 11.6 Å². The van der Waals surface area contributed by atoms with Gasteiger partial charge in [-0.2, -0.15) is 0 Å². The summed E-state index contributed by atoms with van der Waals surface area (Å²) in [6.45, 7) is 5.80. The highest BCUT2D eigenvalue weighted by atomic mass is 35.5. The smallest absolute Gasteiger partial charge is 0.142 e. The molecule has 3 heteroatoms. The molecule has 1 atom stereocenters. The molecule has 82 valence electrons. The van der Waals surface area contributed by atoms with Gasteiger partial charge in [0.15, 0.2) is 0 Å². The highest BCUT2D eigenvalue weighted by molar-refractivity contribution is 6.32. The van der Waals surface area contributed by atoms with Crippen molar-refractivity contribution in [2.75, 3.05) is 0 Å². The van der Waals surface area contributed by atoms with Crippen molar-refractivity contribution in [3.63, 3.8) is 0 Å². The van der Waals surface area contributed by atoms with E-state index in [4.69, 9.17) is 16.3 Å². The zero-order valence-corrected chi connectivity index (χ0v) is 9.93. The first kappa shape index (κ1) is 10.8. The van der Waals surface area contributed by atoms with Crippen LogP contribution in [0.1, 0.15) is 38.0 Å². The number of benzene rings is 1. The maximum absolute atomic E-state index is 9.51.